The van der Waals surface area contributed by atoms with Crippen molar-refractivity contribution in [2.45, 2.75) is 52.2 Å². The van der Waals surface area contributed by atoms with E-state index in [-0.39, 0.29) is 23.2 Å². The van der Waals surface area contributed by atoms with E-state index in [0.717, 1.165) is 18.4 Å². The molecular weight excluding hydrogens is 240 g/mol. The number of hydrogen-bond donors (Lipinski definition) is 1. The molecule has 3 atom stereocenters. The maximum absolute atomic E-state index is 12.3. The molecule has 1 saturated carbocycles. The largest absolute Gasteiger partial charge is 0.393 e. The zero-order valence-electron chi connectivity index (χ0n) is 12.5. The molecule has 0 aromatic heterocycles. The summed E-state index contributed by atoms with van der Waals surface area (Å²) in [7, 11) is 1.62. The molecule has 0 aromatic carbocycles. The first kappa shape index (κ1) is 14.5. The van der Waals surface area contributed by atoms with Crippen LogP contribution >= 0.6 is 0 Å². The van der Waals surface area contributed by atoms with Crippen molar-refractivity contribution in [3.05, 3.63) is 23.3 Å². The van der Waals surface area contributed by atoms with Crippen LogP contribution in [0.15, 0.2) is 23.3 Å². The maximum atomic E-state index is 12.3. The van der Waals surface area contributed by atoms with Gasteiger partial charge in [-0.25, -0.2) is 0 Å². The number of hydrogen-bond acceptors (Lipinski definition) is 3. The highest BCUT2D eigenvalue weighted by atomic mass is 16.5. The van der Waals surface area contributed by atoms with Crippen LogP contribution in [0.2, 0.25) is 0 Å². The molecule has 3 heteroatoms. The lowest BCUT2D eigenvalue weighted by atomic mass is 9.60. The maximum Gasteiger partial charge on any atom is 0.184 e. The van der Waals surface area contributed by atoms with E-state index in [9.17, 15) is 9.90 Å². The fourth-order valence-corrected chi connectivity index (χ4v) is 3.15. The highest BCUT2D eigenvalue weighted by Gasteiger charge is 2.45. The zero-order chi connectivity index (χ0) is 14.4. The summed E-state index contributed by atoms with van der Waals surface area (Å²) in [5, 5.41) is 10.1. The Morgan fingerprint density at radius 3 is 2.68 bits per heavy atom. The predicted octanol–water partition coefficient (Wildman–Crippen LogP) is 2.64. The summed E-state index contributed by atoms with van der Waals surface area (Å²) in [4.78, 5) is 12.3. The molecule has 2 rings (SSSR count). The number of rotatable bonds is 2. The molecule has 0 saturated heterocycles. The van der Waals surface area contributed by atoms with E-state index in [0.29, 0.717) is 5.57 Å². The summed E-state index contributed by atoms with van der Waals surface area (Å²) in [5.74, 6) is 0.158. The van der Waals surface area contributed by atoms with Crippen LogP contribution < -0.4 is 0 Å². The van der Waals surface area contributed by atoms with Crippen molar-refractivity contribution in [2.75, 3.05) is 7.11 Å². The lowest BCUT2D eigenvalue weighted by Crippen LogP contribution is -2.43. The molecule has 2 aliphatic carbocycles. The fraction of sp³-hybridized carbons (Fsp3) is 0.688. The van der Waals surface area contributed by atoms with E-state index in [4.69, 9.17) is 4.74 Å². The first-order valence-electron chi connectivity index (χ1n) is 6.94. The van der Waals surface area contributed by atoms with Gasteiger partial charge in [0.1, 0.15) is 0 Å². The van der Waals surface area contributed by atoms with Crippen LogP contribution in [0.5, 0.6) is 0 Å². The molecule has 2 aliphatic rings. The van der Waals surface area contributed by atoms with E-state index in [1.54, 1.807) is 13.2 Å². The third kappa shape index (κ3) is 2.19. The van der Waals surface area contributed by atoms with Gasteiger partial charge in [0, 0.05) is 18.1 Å². The minimum Gasteiger partial charge on any atom is -0.393 e. The Balaban J connectivity index is 2.49. The van der Waals surface area contributed by atoms with Crippen LogP contribution in [-0.4, -0.2) is 29.7 Å². The topological polar surface area (TPSA) is 46.5 Å². The molecule has 1 N–H and O–H groups in total. The highest BCUT2D eigenvalue weighted by molar-refractivity contribution is 6.07. The molecule has 0 radical (unpaired) electrons. The quantitative estimate of drug-likeness (QED) is 0.834. The smallest absolute Gasteiger partial charge is 0.184 e. The SMILES string of the molecule is COC(C)(C)C1=C[C@@]2(C)C(=CC1=O)CC[C@@H](O)[C@@H]2C. The van der Waals surface area contributed by atoms with Gasteiger partial charge in [-0.15, -0.1) is 0 Å². The van der Waals surface area contributed by atoms with Crippen LogP contribution in [-0.2, 0) is 9.53 Å². The number of carbonyl (C=O) groups excluding carboxylic acids is 1. The minimum atomic E-state index is -0.593. The van der Waals surface area contributed by atoms with Gasteiger partial charge in [-0.2, -0.15) is 0 Å². The Morgan fingerprint density at radius 1 is 1.47 bits per heavy atom. The van der Waals surface area contributed by atoms with Crippen molar-refractivity contribution in [1.82, 2.24) is 0 Å². The van der Waals surface area contributed by atoms with Crippen molar-refractivity contribution in [1.29, 1.82) is 0 Å². The summed E-state index contributed by atoms with van der Waals surface area (Å²) in [6, 6.07) is 0. The molecule has 1 fully saturated rings. The van der Waals surface area contributed by atoms with Crippen molar-refractivity contribution in [2.24, 2.45) is 11.3 Å². The number of ketones is 1. The second-order valence-electron chi connectivity index (χ2n) is 6.48. The van der Waals surface area contributed by atoms with Gasteiger partial charge in [0.15, 0.2) is 5.78 Å². The molecule has 0 unspecified atom stereocenters. The molecule has 0 amide bonds. The van der Waals surface area contributed by atoms with Crippen LogP contribution in [0.3, 0.4) is 0 Å². The molecule has 0 aliphatic heterocycles. The molecule has 3 nitrogen and oxygen atoms in total. The van der Waals surface area contributed by atoms with Gasteiger partial charge >= 0.3 is 0 Å². The first-order valence-corrected chi connectivity index (χ1v) is 6.94. The van der Waals surface area contributed by atoms with Crippen molar-refractivity contribution in [3.8, 4) is 0 Å². The molecule has 106 valence electrons. The van der Waals surface area contributed by atoms with E-state index in [2.05, 4.69) is 13.8 Å². The van der Waals surface area contributed by atoms with Crippen molar-refractivity contribution >= 4 is 5.78 Å². The van der Waals surface area contributed by atoms with Crippen LogP contribution in [0.4, 0.5) is 0 Å². The summed E-state index contributed by atoms with van der Waals surface area (Å²) in [6.07, 6.45) is 5.02. The average Bonchev–Trinajstić information content (AvgIpc) is 2.36. The van der Waals surface area contributed by atoms with Crippen LogP contribution in [0.25, 0.3) is 0 Å². The van der Waals surface area contributed by atoms with Crippen LogP contribution in [0, 0.1) is 11.3 Å². The van der Waals surface area contributed by atoms with Gasteiger partial charge in [-0.1, -0.05) is 25.5 Å². The summed E-state index contributed by atoms with van der Waals surface area (Å²) in [5.41, 5.74) is 1.01. The highest BCUT2D eigenvalue weighted by Crippen LogP contribution is 2.49. The summed E-state index contributed by atoms with van der Waals surface area (Å²) < 4.78 is 5.45. The van der Waals surface area contributed by atoms with Crippen molar-refractivity contribution in [3.63, 3.8) is 0 Å². The Kier molecular flexibility index (Phi) is 3.48. The Hall–Kier alpha value is -0.930. The Bertz CT molecular complexity index is 459. The average molecular weight is 264 g/mol. The number of allylic oxidation sites excluding steroid dienone is 3. The standard InChI is InChI=1S/C16H24O3/c1-10-13(17)7-6-11-8-14(18)12(9-16(10,11)4)15(2,3)19-5/h8-10,13,17H,6-7H2,1-5H3/t10-,13+,16+/m0/s1. The molecule has 19 heavy (non-hydrogen) atoms. The number of ether oxygens (including phenoxy) is 1. The number of aliphatic hydroxyl groups is 1. The van der Waals surface area contributed by atoms with Gasteiger partial charge in [0.2, 0.25) is 0 Å². The molecule has 0 heterocycles. The van der Waals surface area contributed by atoms with Gasteiger partial charge in [0.25, 0.3) is 0 Å². The normalized spacial score (nSPS) is 35.6. The number of methoxy groups -OCH3 is 1. The Labute approximate surface area is 115 Å². The summed E-state index contributed by atoms with van der Waals surface area (Å²) >= 11 is 0. The molecule has 0 spiro atoms. The number of aliphatic hydroxyl groups excluding tert-OH is 1. The Morgan fingerprint density at radius 2 is 2.11 bits per heavy atom. The first-order chi connectivity index (χ1) is 8.72. The molecule has 0 aromatic rings. The number of carbonyl (C=O) groups is 1. The monoisotopic (exact) mass is 264 g/mol. The van der Waals surface area contributed by atoms with E-state index < -0.39 is 5.60 Å². The van der Waals surface area contributed by atoms with Gasteiger partial charge in [0.05, 0.1) is 11.7 Å². The zero-order valence-corrected chi connectivity index (χ0v) is 12.5. The fourth-order valence-electron chi connectivity index (χ4n) is 3.15. The number of fused-ring (bicyclic) bond motifs is 1. The molecule has 0 bridgehead atoms. The summed E-state index contributed by atoms with van der Waals surface area (Å²) in [6.45, 7) is 7.98. The minimum absolute atomic E-state index is 0.0444. The second-order valence-corrected chi connectivity index (χ2v) is 6.48. The van der Waals surface area contributed by atoms with E-state index >= 15 is 0 Å². The van der Waals surface area contributed by atoms with Gasteiger partial charge in [-0.05, 0) is 38.7 Å². The third-order valence-electron chi connectivity index (χ3n) is 5.10. The molecular formula is C16H24O3. The predicted molar refractivity (Wildman–Crippen MR) is 74.8 cm³/mol. The van der Waals surface area contributed by atoms with Gasteiger partial charge in [-0.3, -0.25) is 4.79 Å². The van der Waals surface area contributed by atoms with E-state index in [1.165, 1.54) is 0 Å². The van der Waals surface area contributed by atoms with E-state index in [1.807, 2.05) is 19.9 Å². The third-order valence-corrected chi connectivity index (χ3v) is 5.10. The van der Waals surface area contributed by atoms with Crippen LogP contribution in [0.1, 0.15) is 40.5 Å². The van der Waals surface area contributed by atoms with Gasteiger partial charge < -0.3 is 9.84 Å². The lowest BCUT2D eigenvalue weighted by molar-refractivity contribution is -0.114. The van der Waals surface area contributed by atoms with Crippen molar-refractivity contribution < 1.29 is 14.6 Å². The second kappa shape index (κ2) is 4.57. The lowest BCUT2D eigenvalue weighted by Gasteiger charge is -2.46.